The van der Waals surface area contributed by atoms with Crippen LogP contribution in [0, 0.1) is 13.8 Å². The van der Waals surface area contributed by atoms with Crippen molar-refractivity contribution in [3.8, 4) is 11.5 Å². The van der Waals surface area contributed by atoms with Crippen LogP contribution in [-0.2, 0) is 4.79 Å². The minimum atomic E-state index is -0.145. The molecule has 2 rings (SSSR count). The van der Waals surface area contributed by atoms with Crippen LogP contribution in [0.5, 0.6) is 11.5 Å². The van der Waals surface area contributed by atoms with Crippen molar-refractivity contribution >= 4 is 5.91 Å². The first-order chi connectivity index (χ1) is 11.0. The Hall–Kier alpha value is -2.49. The lowest BCUT2D eigenvalue weighted by Gasteiger charge is -2.15. The number of aryl methyl sites for hydroxylation is 2. The van der Waals surface area contributed by atoms with Gasteiger partial charge in [-0.3, -0.25) is 4.79 Å². The van der Waals surface area contributed by atoms with Crippen LogP contribution in [0.3, 0.4) is 0 Å². The summed E-state index contributed by atoms with van der Waals surface area (Å²) in [6.45, 7) is 5.95. The maximum atomic E-state index is 12.0. The second kappa shape index (κ2) is 7.68. The average molecular weight is 313 g/mol. The minimum absolute atomic E-state index is 0.00436. The number of hydrogen-bond donors (Lipinski definition) is 1. The Labute approximate surface area is 137 Å². The van der Waals surface area contributed by atoms with Crippen LogP contribution in [-0.4, -0.2) is 19.6 Å². The largest absolute Gasteiger partial charge is 0.497 e. The highest BCUT2D eigenvalue weighted by Gasteiger charge is 2.11. The number of carbonyl (C=O) groups excluding carboxylic acids is 1. The molecule has 0 bridgehead atoms. The normalized spacial score (nSPS) is 11.7. The SMILES string of the molecule is COc1ccc(C(C)NC(=O)COc2ccc(C)cc2C)cc1. The zero-order valence-corrected chi connectivity index (χ0v) is 14.1. The lowest BCUT2D eigenvalue weighted by atomic mass is 10.1. The van der Waals surface area contributed by atoms with E-state index in [-0.39, 0.29) is 18.6 Å². The summed E-state index contributed by atoms with van der Waals surface area (Å²) in [6.07, 6.45) is 0. The molecule has 1 N–H and O–H groups in total. The van der Waals surface area contributed by atoms with Crippen LogP contribution in [0.4, 0.5) is 0 Å². The molecule has 0 aromatic heterocycles. The second-order valence-corrected chi connectivity index (χ2v) is 5.62. The summed E-state index contributed by atoms with van der Waals surface area (Å²) in [7, 11) is 1.63. The first-order valence-corrected chi connectivity index (χ1v) is 7.63. The van der Waals surface area contributed by atoms with E-state index in [1.165, 1.54) is 5.56 Å². The van der Waals surface area contributed by atoms with E-state index >= 15 is 0 Å². The molecule has 2 aromatic carbocycles. The Balaban J connectivity index is 1.88. The molecule has 4 nitrogen and oxygen atoms in total. The van der Waals surface area contributed by atoms with Crippen LogP contribution in [0.1, 0.15) is 29.7 Å². The fourth-order valence-corrected chi connectivity index (χ4v) is 2.36. The summed E-state index contributed by atoms with van der Waals surface area (Å²) in [4.78, 5) is 12.0. The number of ether oxygens (including phenoxy) is 2. The summed E-state index contributed by atoms with van der Waals surface area (Å²) in [5.74, 6) is 1.39. The number of rotatable bonds is 6. The van der Waals surface area contributed by atoms with E-state index in [2.05, 4.69) is 5.32 Å². The van der Waals surface area contributed by atoms with Gasteiger partial charge in [-0.2, -0.15) is 0 Å². The molecule has 0 aliphatic heterocycles. The topological polar surface area (TPSA) is 47.6 Å². The van der Waals surface area contributed by atoms with E-state index in [0.29, 0.717) is 0 Å². The highest BCUT2D eigenvalue weighted by molar-refractivity contribution is 5.78. The molecule has 0 saturated heterocycles. The zero-order chi connectivity index (χ0) is 16.8. The van der Waals surface area contributed by atoms with Gasteiger partial charge in [0.1, 0.15) is 11.5 Å². The molecule has 0 spiro atoms. The zero-order valence-electron chi connectivity index (χ0n) is 14.1. The van der Waals surface area contributed by atoms with Crippen molar-refractivity contribution in [2.24, 2.45) is 0 Å². The lowest BCUT2D eigenvalue weighted by Crippen LogP contribution is -2.31. The molecule has 0 radical (unpaired) electrons. The minimum Gasteiger partial charge on any atom is -0.497 e. The van der Waals surface area contributed by atoms with Gasteiger partial charge >= 0.3 is 0 Å². The van der Waals surface area contributed by atoms with Gasteiger partial charge in [0.05, 0.1) is 13.2 Å². The number of methoxy groups -OCH3 is 1. The molecule has 0 aliphatic rings. The van der Waals surface area contributed by atoms with Crippen LogP contribution in [0.2, 0.25) is 0 Å². The molecule has 23 heavy (non-hydrogen) atoms. The number of benzene rings is 2. The molecular formula is C19H23NO3. The molecule has 122 valence electrons. The summed E-state index contributed by atoms with van der Waals surface area (Å²) in [5, 5.41) is 2.93. The quantitative estimate of drug-likeness (QED) is 0.887. The first-order valence-electron chi connectivity index (χ1n) is 7.63. The predicted octanol–water partition coefficient (Wildman–Crippen LogP) is 3.57. The van der Waals surface area contributed by atoms with Crippen LogP contribution < -0.4 is 14.8 Å². The molecule has 1 amide bonds. The smallest absolute Gasteiger partial charge is 0.258 e. The highest BCUT2D eigenvalue weighted by Crippen LogP contribution is 2.19. The van der Waals surface area contributed by atoms with Crippen molar-refractivity contribution in [1.82, 2.24) is 5.32 Å². The third-order valence-corrected chi connectivity index (χ3v) is 3.68. The monoisotopic (exact) mass is 313 g/mol. The van der Waals surface area contributed by atoms with E-state index in [0.717, 1.165) is 22.6 Å². The Morgan fingerprint density at radius 2 is 1.83 bits per heavy atom. The molecule has 0 aliphatic carbocycles. The molecular weight excluding hydrogens is 290 g/mol. The lowest BCUT2D eigenvalue weighted by molar-refractivity contribution is -0.123. The fraction of sp³-hybridized carbons (Fsp3) is 0.316. The van der Waals surface area contributed by atoms with Gasteiger partial charge < -0.3 is 14.8 Å². The van der Waals surface area contributed by atoms with Gasteiger partial charge in [-0.05, 0) is 50.1 Å². The van der Waals surface area contributed by atoms with E-state index in [9.17, 15) is 4.79 Å². The highest BCUT2D eigenvalue weighted by atomic mass is 16.5. The molecule has 0 fully saturated rings. The van der Waals surface area contributed by atoms with Crippen molar-refractivity contribution in [2.75, 3.05) is 13.7 Å². The van der Waals surface area contributed by atoms with Gasteiger partial charge in [0.15, 0.2) is 6.61 Å². The van der Waals surface area contributed by atoms with Gasteiger partial charge in [0.2, 0.25) is 0 Å². The molecule has 4 heteroatoms. The number of carbonyl (C=O) groups is 1. The summed E-state index contributed by atoms with van der Waals surface area (Å²) in [5.41, 5.74) is 3.22. The third kappa shape index (κ3) is 4.74. The number of hydrogen-bond acceptors (Lipinski definition) is 3. The van der Waals surface area contributed by atoms with E-state index in [1.54, 1.807) is 7.11 Å². The Morgan fingerprint density at radius 3 is 2.43 bits per heavy atom. The Bertz CT molecular complexity index is 665. The predicted molar refractivity (Wildman–Crippen MR) is 91.0 cm³/mol. The molecule has 0 heterocycles. The van der Waals surface area contributed by atoms with Crippen molar-refractivity contribution in [3.05, 3.63) is 59.2 Å². The van der Waals surface area contributed by atoms with E-state index in [1.807, 2.05) is 63.2 Å². The van der Waals surface area contributed by atoms with Crippen molar-refractivity contribution in [3.63, 3.8) is 0 Å². The van der Waals surface area contributed by atoms with Gasteiger partial charge in [0, 0.05) is 0 Å². The fourth-order valence-electron chi connectivity index (χ4n) is 2.36. The summed E-state index contributed by atoms with van der Waals surface area (Å²) < 4.78 is 10.7. The van der Waals surface area contributed by atoms with E-state index < -0.39 is 0 Å². The first kappa shape index (κ1) is 16.9. The second-order valence-electron chi connectivity index (χ2n) is 5.62. The van der Waals surface area contributed by atoms with Gasteiger partial charge in [-0.15, -0.1) is 0 Å². The summed E-state index contributed by atoms with van der Waals surface area (Å²) >= 11 is 0. The summed E-state index contributed by atoms with van der Waals surface area (Å²) in [6, 6.07) is 13.5. The van der Waals surface area contributed by atoms with Crippen LogP contribution in [0.25, 0.3) is 0 Å². The maximum Gasteiger partial charge on any atom is 0.258 e. The van der Waals surface area contributed by atoms with E-state index in [4.69, 9.17) is 9.47 Å². The van der Waals surface area contributed by atoms with Gasteiger partial charge in [0.25, 0.3) is 5.91 Å². The Morgan fingerprint density at radius 1 is 1.13 bits per heavy atom. The van der Waals surface area contributed by atoms with Crippen molar-refractivity contribution in [1.29, 1.82) is 0 Å². The van der Waals surface area contributed by atoms with Crippen LogP contribution >= 0.6 is 0 Å². The average Bonchev–Trinajstić information content (AvgIpc) is 2.54. The van der Waals surface area contributed by atoms with Crippen LogP contribution in [0.15, 0.2) is 42.5 Å². The van der Waals surface area contributed by atoms with Gasteiger partial charge in [-0.1, -0.05) is 29.8 Å². The van der Waals surface area contributed by atoms with Gasteiger partial charge in [-0.25, -0.2) is 0 Å². The number of nitrogens with one attached hydrogen (secondary N) is 1. The standard InChI is InChI=1S/C19H23NO3/c1-13-5-10-18(14(2)11-13)23-12-19(21)20-15(3)16-6-8-17(22-4)9-7-16/h5-11,15H,12H2,1-4H3,(H,20,21). The van der Waals surface area contributed by atoms with Crippen molar-refractivity contribution < 1.29 is 14.3 Å². The van der Waals surface area contributed by atoms with Crippen molar-refractivity contribution in [2.45, 2.75) is 26.8 Å². The molecule has 1 atom stereocenters. The molecule has 0 saturated carbocycles. The Kier molecular flexibility index (Phi) is 5.63. The third-order valence-electron chi connectivity index (χ3n) is 3.68. The number of amides is 1. The maximum absolute atomic E-state index is 12.0. The molecule has 2 aromatic rings. The molecule has 1 unspecified atom stereocenters.